The molecular formula is C5H5BO. The minimum absolute atomic E-state index is 0.806. The Bertz CT molecular complexity index is 135. The van der Waals surface area contributed by atoms with Crippen molar-refractivity contribution in [2.24, 2.45) is 0 Å². The van der Waals surface area contributed by atoms with Crippen molar-refractivity contribution >= 4 is 13.6 Å². The molecule has 0 saturated heterocycles. The van der Waals surface area contributed by atoms with Gasteiger partial charge in [-0.25, -0.2) is 0 Å². The van der Waals surface area contributed by atoms with Crippen LogP contribution in [0.4, 0.5) is 0 Å². The first-order valence-electron chi connectivity index (χ1n) is 2.25. The van der Waals surface area contributed by atoms with Crippen molar-refractivity contribution in [1.29, 1.82) is 0 Å². The maximum atomic E-state index is 9.89. The maximum absolute atomic E-state index is 9.89. The fourth-order valence-corrected chi connectivity index (χ4v) is 0.564. The Labute approximate surface area is 43.0 Å². The molecule has 0 fully saturated rings. The van der Waals surface area contributed by atoms with Gasteiger partial charge in [-0.15, -0.1) is 12.0 Å². The molecule has 7 heavy (non-hydrogen) atoms. The fraction of sp³-hybridized carbons (Fsp3) is 0. The van der Waals surface area contributed by atoms with Gasteiger partial charge < -0.3 is 0 Å². The molecule has 1 aliphatic rings. The lowest BCUT2D eigenvalue weighted by Gasteiger charge is -1.73. The summed E-state index contributed by atoms with van der Waals surface area (Å²) in [5.41, 5.74) is 0.806. The Hall–Kier alpha value is -0.785. The lowest BCUT2D eigenvalue weighted by Crippen LogP contribution is -1.72. The molecule has 1 nitrogen and oxygen atoms in total. The van der Waals surface area contributed by atoms with Crippen LogP contribution >= 0.6 is 0 Å². The van der Waals surface area contributed by atoms with Gasteiger partial charge in [0.1, 0.15) is 6.29 Å². The van der Waals surface area contributed by atoms with Gasteiger partial charge in [-0.3, -0.25) is 4.79 Å². The van der Waals surface area contributed by atoms with Crippen LogP contribution in [0.1, 0.15) is 0 Å². The molecule has 0 aromatic heterocycles. The van der Waals surface area contributed by atoms with E-state index in [1.54, 1.807) is 0 Å². The molecule has 2 heteroatoms. The highest BCUT2D eigenvalue weighted by Crippen LogP contribution is 1.96. The minimum Gasteiger partial charge on any atom is -0.298 e. The van der Waals surface area contributed by atoms with Crippen LogP contribution in [0.25, 0.3) is 0 Å². The Morgan fingerprint density at radius 2 is 2.57 bits per heavy atom. The van der Waals surface area contributed by atoms with Gasteiger partial charge in [0.05, 0.1) is 0 Å². The molecule has 0 atom stereocenters. The zero-order chi connectivity index (χ0) is 5.11. The minimum atomic E-state index is 0.806. The molecule has 1 heterocycles. The van der Waals surface area contributed by atoms with Gasteiger partial charge in [0, 0.05) is 5.57 Å². The van der Waals surface area contributed by atoms with E-state index in [0.29, 0.717) is 0 Å². The third-order valence-corrected chi connectivity index (χ3v) is 0.936. The van der Waals surface area contributed by atoms with Crippen LogP contribution in [0, 0.1) is 0 Å². The molecule has 0 spiro atoms. The van der Waals surface area contributed by atoms with Crippen molar-refractivity contribution in [3.63, 3.8) is 0 Å². The summed E-state index contributed by atoms with van der Waals surface area (Å²) in [5.74, 6) is 3.86. The van der Waals surface area contributed by atoms with Crippen molar-refractivity contribution < 1.29 is 4.79 Å². The predicted molar refractivity (Wildman–Crippen MR) is 30.4 cm³/mol. The van der Waals surface area contributed by atoms with Gasteiger partial charge in [0.15, 0.2) is 7.28 Å². The third-order valence-electron chi connectivity index (χ3n) is 0.936. The molecular weight excluding hydrogens is 86.9 g/mol. The number of allylic oxidation sites excluding steroid dienone is 2. The monoisotopic (exact) mass is 92.0 g/mol. The van der Waals surface area contributed by atoms with Gasteiger partial charge in [-0.2, -0.15) is 0 Å². The van der Waals surface area contributed by atoms with Gasteiger partial charge in [0.2, 0.25) is 0 Å². The van der Waals surface area contributed by atoms with Crippen molar-refractivity contribution in [2.45, 2.75) is 0 Å². The Balaban J connectivity index is 2.69. The normalized spacial score (nSPS) is 15.7. The summed E-state index contributed by atoms with van der Waals surface area (Å²) < 4.78 is 0. The van der Waals surface area contributed by atoms with E-state index < -0.39 is 0 Å². The van der Waals surface area contributed by atoms with Gasteiger partial charge in [-0.1, -0.05) is 6.08 Å². The van der Waals surface area contributed by atoms with Crippen molar-refractivity contribution in [2.75, 3.05) is 0 Å². The molecule has 0 aliphatic carbocycles. The first kappa shape index (κ1) is 4.38. The second kappa shape index (κ2) is 1.78. The highest BCUT2D eigenvalue weighted by molar-refractivity contribution is 6.50. The molecule has 34 valence electrons. The summed E-state index contributed by atoms with van der Waals surface area (Å²) >= 11 is 0. The second-order valence-electron chi connectivity index (χ2n) is 1.46. The smallest absolute Gasteiger partial charge is 0.174 e. The summed E-state index contributed by atoms with van der Waals surface area (Å²) in [4.78, 5) is 9.89. The molecule has 0 saturated carbocycles. The van der Waals surface area contributed by atoms with Crippen LogP contribution in [-0.2, 0) is 4.79 Å². The van der Waals surface area contributed by atoms with E-state index in [9.17, 15) is 4.79 Å². The third kappa shape index (κ3) is 0.799. The van der Waals surface area contributed by atoms with Gasteiger partial charge in [0.25, 0.3) is 0 Å². The number of carbonyl (C=O) groups excluding carboxylic acids is 1. The highest BCUT2D eigenvalue weighted by atomic mass is 16.1. The molecule has 0 unspecified atom stereocenters. The summed E-state index contributed by atoms with van der Waals surface area (Å²) in [6.45, 7) is 0. The largest absolute Gasteiger partial charge is 0.298 e. The van der Waals surface area contributed by atoms with Gasteiger partial charge in [-0.05, 0) is 0 Å². The number of aldehydes is 1. The van der Waals surface area contributed by atoms with Crippen LogP contribution in [0.15, 0.2) is 23.6 Å². The summed E-state index contributed by atoms with van der Waals surface area (Å²) in [6, 6.07) is 0. The van der Waals surface area contributed by atoms with Crippen LogP contribution in [0.3, 0.4) is 0 Å². The Morgan fingerprint density at radius 1 is 1.71 bits per heavy atom. The molecule has 1 aliphatic heterocycles. The van der Waals surface area contributed by atoms with Crippen LogP contribution in [0.5, 0.6) is 0 Å². The molecule has 1 rings (SSSR count). The Morgan fingerprint density at radius 3 is 2.86 bits per heavy atom. The average Bonchev–Trinajstić information content (AvgIpc) is 2.14. The fourth-order valence-electron chi connectivity index (χ4n) is 0.564. The standard InChI is InChI=1S/C5H5BO/c7-4-5-1-2-6-3-5/h1-4,6H. The van der Waals surface area contributed by atoms with Crippen molar-refractivity contribution in [3.8, 4) is 0 Å². The SMILES string of the molecule is O=CC1=CBC=C1. The van der Waals surface area contributed by atoms with Crippen molar-refractivity contribution in [1.82, 2.24) is 0 Å². The Kier molecular flexibility index (Phi) is 1.11. The summed E-state index contributed by atoms with van der Waals surface area (Å²) in [6.07, 6.45) is 2.69. The van der Waals surface area contributed by atoms with E-state index in [-0.39, 0.29) is 0 Å². The van der Waals surface area contributed by atoms with Crippen LogP contribution < -0.4 is 0 Å². The molecule has 0 aromatic rings. The lowest BCUT2D eigenvalue weighted by atomic mass is 9.82. The van der Waals surface area contributed by atoms with E-state index in [1.165, 1.54) is 0 Å². The topological polar surface area (TPSA) is 17.1 Å². The average molecular weight is 91.9 g/mol. The second-order valence-corrected chi connectivity index (χ2v) is 1.46. The van der Waals surface area contributed by atoms with E-state index in [1.807, 2.05) is 18.0 Å². The van der Waals surface area contributed by atoms with E-state index in [4.69, 9.17) is 0 Å². The first-order valence-corrected chi connectivity index (χ1v) is 2.25. The number of hydrogen-bond acceptors (Lipinski definition) is 1. The summed E-state index contributed by atoms with van der Waals surface area (Å²) in [5, 5.41) is 0. The lowest BCUT2D eigenvalue weighted by molar-refractivity contribution is -0.104. The first-order chi connectivity index (χ1) is 3.43. The van der Waals surface area contributed by atoms with Gasteiger partial charge >= 0.3 is 0 Å². The van der Waals surface area contributed by atoms with Crippen LogP contribution in [-0.4, -0.2) is 13.6 Å². The molecule has 0 amide bonds. The maximum Gasteiger partial charge on any atom is 0.174 e. The molecule has 0 N–H and O–H groups in total. The summed E-state index contributed by atoms with van der Waals surface area (Å²) in [7, 11) is 0.925. The predicted octanol–water partition coefficient (Wildman–Crippen LogP) is 0.0330. The van der Waals surface area contributed by atoms with E-state index >= 15 is 0 Å². The number of rotatable bonds is 1. The van der Waals surface area contributed by atoms with E-state index in [0.717, 1.165) is 19.1 Å². The zero-order valence-corrected chi connectivity index (χ0v) is 3.92. The van der Waals surface area contributed by atoms with Crippen LogP contribution in [0.2, 0.25) is 0 Å². The molecule has 0 bridgehead atoms. The zero-order valence-electron chi connectivity index (χ0n) is 3.92. The molecule has 0 radical (unpaired) electrons. The van der Waals surface area contributed by atoms with E-state index in [2.05, 4.69) is 0 Å². The highest BCUT2D eigenvalue weighted by Gasteiger charge is 1.92. The molecule has 0 aromatic carbocycles. The number of hydrogen-bond donors (Lipinski definition) is 0. The quantitative estimate of drug-likeness (QED) is 0.329. The number of carbonyl (C=O) groups is 1. The van der Waals surface area contributed by atoms with Crippen molar-refractivity contribution in [3.05, 3.63) is 23.6 Å².